The van der Waals surface area contributed by atoms with Crippen molar-refractivity contribution < 1.29 is 14.6 Å². The van der Waals surface area contributed by atoms with Crippen LogP contribution in [0, 0.1) is 0 Å². The molecule has 1 N–H and O–H groups in total. The number of phenolic OH excluding ortho intramolecular Hbond substituents is 1. The molecule has 0 saturated carbocycles. The predicted molar refractivity (Wildman–Crippen MR) is 111 cm³/mol. The number of ether oxygens (including phenoxy) is 1. The van der Waals surface area contributed by atoms with E-state index in [1.165, 1.54) is 11.6 Å². The highest BCUT2D eigenvalue weighted by molar-refractivity contribution is 5.81. The van der Waals surface area contributed by atoms with Crippen molar-refractivity contribution in [3.05, 3.63) is 91.5 Å². The maximum Gasteiger partial charge on any atom is 0.330 e. The van der Waals surface area contributed by atoms with Gasteiger partial charge in [0.1, 0.15) is 5.75 Å². The van der Waals surface area contributed by atoms with Gasteiger partial charge in [0.2, 0.25) is 0 Å². The van der Waals surface area contributed by atoms with Gasteiger partial charge in [-0.15, -0.1) is 0 Å². The van der Waals surface area contributed by atoms with E-state index in [2.05, 4.69) is 24.5 Å². The van der Waals surface area contributed by atoms with Crippen LogP contribution in [-0.4, -0.2) is 17.7 Å². The Morgan fingerprint density at radius 3 is 1.92 bits per heavy atom. The van der Waals surface area contributed by atoms with Gasteiger partial charge in [0.05, 0.1) is 6.61 Å². The maximum atomic E-state index is 10.3. The molecular formula is C23H28O3. The molecule has 0 aliphatic rings. The van der Waals surface area contributed by atoms with Crippen LogP contribution in [0.2, 0.25) is 0 Å². The van der Waals surface area contributed by atoms with Gasteiger partial charge in [-0.05, 0) is 29.7 Å². The van der Waals surface area contributed by atoms with Crippen molar-refractivity contribution in [3.8, 4) is 5.75 Å². The van der Waals surface area contributed by atoms with Gasteiger partial charge in [-0.2, -0.15) is 0 Å². The van der Waals surface area contributed by atoms with E-state index in [1.807, 2.05) is 55.5 Å². The van der Waals surface area contributed by atoms with Crippen LogP contribution in [0.1, 0.15) is 30.9 Å². The summed E-state index contributed by atoms with van der Waals surface area (Å²) in [5.74, 6) is -0.0379. The maximum absolute atomic E-state index is 10.3. The van der Waals surface area contributed by atoms with E-state index in [0.29, 0.717) is 12.4 Å². The average Bonchev–Trinajstić information content (AvgIpc) is 2.70. The molecular weight excluding hydrogens is 324 g/mol. The van der Waals surface area contributed by atoms with Crippen LogP contribution in [0.3, 0.4) is 0 Å². The standard InChI is InChI=1S/C8H8O.C8H8.C7H12O2/c1-2-7-3-5-8(9)6-4-7;1-2-8-6-4-3-5-7-8;1-3-5-6-9-7(8)4-2/h2-6,9H,1H2;2-7H,1H2;4H,2-3,5-6H2,1H3. The average molecular weight is 352 g/mol. The first kappa shape index (κ1) is 22.9. The van der Waals surface area contributed by atoms with Crippen LogP contribution < -0.4 is 0 Å². The second-order valence-electron chi connectivity index (χ2n) is 5.14. The quantitative estimate of drug-likeness (QED) is 0.401. The Balaban J connectivity index is 0.000000361. The first-order chi connectivity index (χ1) is 12.6. The third-order valence-corrected chi connectivity index (χ3v) is 3.07. The van der Waals surface area contributed by atoms with Gasteiger partial charge in [0.15, 0.2) is 0 Å². The molecule has 0 spiro atoms. The van der Waals surface area contributed by atoms with Crippen molar-refractivity contribution in [2.45, 2.75) is 19.8 Å². The van der Waals surface area contributed by atoms with Crippen LogP contribution in [0.25, 0.3) is 12.2 Å². The number of hydrogen-bond acceptors (Lipinski definition) is 3. The lowest BCUT2D eigenvalue weighted by atomic mass is 10.2. The molecule has 0 radical (unpaired) electrons. The Hall–Kier alpha value is -3.07. The minimum absolute atomic E-state index is 0.292. The molecule has 0 aliphatic heterocycles. The van der Waals surface area contributed by atoms with Gasteiger partial charge < -0.3 is 9.84 Å². The molecule has 0 aromatic heterocycles. The molecule has 2 aromatic carbocycles. The highest BCUT2D eigenvalue weighted by Crippen LogP contribution is 2.09. The van der Waals surface area contributed by atoms with E-state index in [1.54, 1.807) is 18.2 Å². The number of benzene rings is 2. The van der Waals surface area contributed by atoms with Gasteiger partial charge in [-0.25, -0.2) is 4.79 Å². The first-order valence-electron chi connectivity index (χ1n) is 8.45. The highest BCUT2D eigenvalue weighted by atomic mass is 16.5. The van der Waals surface area contributed by atoms with Crippen molar-refractivity contribution in [2.24, 2.45) is 0 Å². The minimum atomic E-state index is -0.330. The normalized spacial score (nSPS) is 8.65. The van der Waals surface area contributed by atoms with Gasteiger partial charge in [-0.3, -0.25) is 0 Å². The van der Waals surface area contributed by atoms with Crippen molar-refractivity contribution in [3.63, 3.8) is 0 Å². The van der Waals surface area contributed by atoms with Crippen LogP contribution in [0.4, 0.5) is 0 Å². The lowest BCUT2D eigenvalue weighted by Crippen LogP contribution is -2.00. The molecule has 0 fully saturated rings. The zero-order valence-corrected chi connectivity index (χ0v) is 15.4. The van der Waals surface area contributed by atoms with Crippen molar-refractivity contribution in [2.75, 3.05) is 6.61 Å². The summed E-state index contributed by atoms with van der Waals surface area (Å²) in [6.45, 7) is 13.0. The Morgan fingerprint density at radius 2 is 1.50 bits per heavy atom. The fraction of sp³-hybridized carbons (Fsp3) is 0.174. The Bertz CT molecular complexity index is 643. The van der Waals surface area contributed by atoms with E-state index >= 15 is 0 Å². The molecule has 0 amide bonds. The summed E-state index contributed by atoms with van der Waals surface area (Å²) in [4.78, 5) is 10.3. The SMILES string of the molecule is C=CC(=O)OCCCC.C=Cc1ccc(O)cc1.C=Cc1ccccc1. The second kappa shape index (κ2) is 15.5. The van der Waals surface area contributed by atoms with Gasteiger partial charge >= 0.3 is 5.97 Å². The third-order valence-electron chi connectivity index (χ3n) is 3.07. The summed E-state index contributed by atoms with van der Waals surface area (Å²) in [5, 5.41) is 8.82. The first-order valence-corrected chi connectivity index (χ1v) is 8.45. The van der Waals surface area contributed by atoms with E-state index < -0.39 is 0 Å². The van der Waals surface area contributed by atoms with Gasteiger partial charge in [0, 0.05) is 6.08 Å². The fourth-order valence-electron chi connectivity index (χ4n) is 1.58. The van der Waals surface area contributed by atoms with E-state index in [0.717, 1.165) is 18.4 Å². The molecule has 3 heteroatoms. The number of esters is 1. The number of carbonyl (C=O) groups is 1. The molecule has 0 atom stereocenters. The Morgan fingerprint density at radius 1 is 0.962 bits per heavy atom. The molecule has 138 valence electrons. The third kappa shape index (κ3) is 12.4. The molecule has 0 saturated heterocycles. The van der Waals surface area contributed by atoms with Crippen LogP contribution in [-0.2, 0) is 9.53 Å². The van der Waals surface area contributed by atoms with Gasteiger partial charge in [0.25, 0.3) is 0 Å². The number of unbranched alkanes of at least 4 members (excludes halogenated alkanes) is 1. The lowest BCUT2D eigenvalue weighted by Gasteiger charge is -1.97. The summed E-state index contributed by atoms with van der Waals surface area (Å²) < 4.78 is 4.67. The molecule has 0 unspecified atom stereocenters. The summed E-state index contributed by atoms with van der Waals surface area (Å²) in [7, 11) is 0. The second-order valence-corrected chi connectivity index (χ2v) is 5.14. The highest BCUT2D eigenvalue weighted by Gasteiger charge is 1.91. The Labute approximate surface area is 157 Å². The molecule has 0 aliphatic carbocycles. The number of rotatable bonds is 6. The fourth-order valence-corrected chi connectivity index (χ4v) is 1.58. The zero-order valence-electron chi connectivity index (χ0n) is 15.4. The molecule has 3 nitrogen and oxygen atoms in total. The molecule has 26 heavy (non-hydrogen) atoms. The summed E-state index contributed by atoms with van der Waals surface area (Å²) in [6.07, 6.45) is 6.72. The minimum Gasteiger partial charge on any atom is -0.508 e. The number of carbonyl (C=O) groups excluding carboxylic acids is 1. The smallest absolute Gasteiger partial charge is 0.330 e. The summed E-state index contributed by atoms with van der Waals surface area (Å²) in [5.41, 5.74) is 2.19. The van der Waals surface area contributed by atoms with Crippen LogP contribution in [0.15, 0.2) is 80.4 Å². The predicted octanol–water partition coefficient (Wildman–Crippen LogP) is 5.88. The molecule has 2 rings (SSSR count). The lowest BCUT2D eigenvalue weighted by molar-refractivity contribution is -0.137. The van der Waals surface area contributed by atoms with E-state index in [-0.39, 0.29) is 5.97 Å². The Kier molecular flexibility index (Phi) is 13.6. The largest absolute Gasteiger partial charge is 0.508 e. The van der Waals surface area contributed by atoms with Crippen molar-refractivity contribution >= 4 is 18.1 Å². The number of hydrogen-bond donors (Lipinski definition) is 1. The number of phenols is 1. The van der Waals surface area contributed by atoms with Crippen molar-refractivity contribution in [1.82, 2.24) is 0 Å². The molecule has 0 bridgehead atoms. The van der Waals surface area contributed by atoms with Gasteiger partial charge in [-0.1, -0.05) is 87.7 Å². The van der Waals surface area contributed by atoms with Crippen molar-refractivity contribution in [1.29, 1.82) is 0 Å². The summed E-state index contributed by atoms with van der Waals surface area (Å²) >= 11 is 0. The van der Waals surface area contributed by atoms with Crippen LogP contribution >= 0.6 is 0 Å². The topological polar surface area (TPSA) is 46.5 Å². The number of aromatic hydroxyl groups is 1. The zero-order chi connectivity index (χ0) is 19.6. The monoisotopic (exact) mass is 352 g/mol. The van der Waals surface area contributed by atoms with Crippen LogP contribution in [0.5, 0.6) is 5.75 Å². The van der Waals surface area contributed by atoms with E-state index in [9.17, 15) is 4.79 Å². The summed E-state index contributed by atoms with van der Waals surface area (Å²) in [6, 6.07) is 16.9. The molecule has 2 aromatic rings. The van der Waals surface area contributed by atoms with E-state index in [4.69, 9.17) is 5.11 Å². The molecule has 0 heterocycles.